The number of primary amides is 1. The van der Waals surface area contributed by atoms with Gasteiger partial charge >= 0.3 is 6.09 Å². The largest absolute Gasteiger partial charge is 0.449 e. The Morgan fingerprint density at radius 1 is 1.40 bits per heavy atom. The first-order chi connectivity index (χ1) is 9.66. The van der Waals surface area contributed by atoms with Crippen molar-refractivity contribution in [3.8, 4) is 0 Å². The summed E-state index contributed by atoms with van der Waals surface area (Å²) in [7, 11) is 0. The highest BCUT2D eigenvalue weighted by Gasteiger charge is 2.48. The summed E-state index contributed by atoms with van der Waals surface area (Å²) in [6.07, 6.45) is -0.553. The number of fused-ring (bicyclic) bond motifs is 1. The predicted molar refractivity (Wildman–Crippen MR) is 69.4 cm³/mol. The lowest BCUT2D eigenvalue weighted by Crippen LogP contribution is -2.33. The molecule has 6 heteroatoms. The fourth-order valence-electron chi connectivity index (χ4n) is 2.87. The van der Waals surface area contributed by atoms with Gasteiger partial charge < -0.3 is 20.1 Å². The monoisotopic (exact) mass is 276 g/mol. The van der Waals surface area contributed by atoms with Gasteiger partial charge in [-0.2, -0.15) is 0 Å². The van der Waals surface area contributed by atoms with Crippen LogP contribution in [0.25, 0.3) is 0 Å². The first-order valence-corrected chi connectivity index (χ1v) is 6.58. The van der Waals surface area contributed by atoms with E-state index in [1.165, 1.54) is 0 Å². The van der Waals surface area contributed by atoms with Gasteiger partial charge in [0.05, 0.1) is 18.6 Å². The second-order valence-electron chi connectivity index (χ2n) is 5.06. The van der Waals surface area contributed by atoms with Crippen LogP contribution < -0.4 is 5.73 Å². The summed E-state index contributed by atoms with van der Waals surface area (Å²) in [5.41, 5.74) is 5.90. The van der Waals surface area contributed by atoms with Crippen molar-refractivity contribution in [1.82, 2.24) is 4.90 Å². The minimum absolute atomic E-state index is 0.0393. The van der Waals surface area contributed by atoms with Crippen molar-refractivity contribution < 1.29 is 19.1 Å². The second kappa shape index (κ2) is 5.13. The molecule has 2 N–H and O–H groups in total. The van der Waals surface area contributed by atoms with E-state index in [1.807, 2.05) is 30.3 Å². The van der Waals surface area contributed by atoms with E-state index in [1.54, 1.807) is 4.90 Å². The van der Waals surface area contributed by atoms with Crippen LogP contribution in [0, 0.1) is 5.92 Å². The molecule has 0 spiro atoms. The summed E-state index contributed by atoms with van der Waals surface area (Å²) in [5, 5.41) is 0. The Kier molecular flexibility index (Phi) is 3.31. The molecule has 0 radical (unpaired) electrons. The van der Waals surface area contributed by atoms with Crippen LogP contribution in [0.4, 0.5) is 4.79 Å². The molecule has 2 saturated heterocycles. The predicted octanol–water partition coefficient (Wildman–Crippen LogP) is 1.03. The van der Waals surface area contributed by atoms with Crippen LogP contribution in [-0.2, 0) is 14.3 Å². The number of hydrogen-bond donors (Lipinski definition) is 1. The second-order valence-corrected chi connectivity index (χ2v) is 5.06. The molecule has 1 aromatic carbocycles. The highest BCUT2D eigenvalue weighted by molar-refractivity contribution is 5.82. The summed E-state index contributed by atoms with van der Waals surface area (Å²) in [6, 6.07) is 9.68. The molecule has 3 atom stereocenters. The Morgan fingerprint density at radius 3 is 2.85 bits per heavy atom. The fourth-order valence-corrected chi connectivity index (χ4v) is 2.87. The number of benzene rings is 1. The lowest BCUT2D eigenvalue weighted by atomic mass is 10.1. The molecule has 0 bridgehead atoms. The minimum atomic E-state index is -0.847. The smallest absolute Gasteiger partial charge is 0.404 e. The van der Waals surface area contributed by atoms with Gasteiger partial charge in [-0.05, 0) is 6.42 Å². The number of carbonyl (C=O) groups excluding carboxylic acids is 2. The van der Waals surface area contributed by atoms with Crippen molar-refractivity contribution in [2.75, 3.05) is 13.2 Å². The average molecular weight is 276 g/mol. The van der Waals surface area contributed by atoms with Gasteiger partial charge in [-0.25, -0.2) is 4.79 Å². The third kappa shape index (κ3) is 2.22. The molecule has 2 fully saturated rings. The highest BCUT2D eigenvalue weighted by Crippen LogP contribution is 2.39. The topological polar surface area (TPSA) is 81.9 Å². The van der Waals surface area contributed by atoms with E-state index in [4.69, 9.17) is 15.2 Å². The van der Waals surface area contributed by atoms with Crippen molar-refractivity contribution in [2.24, 2.45) is 11.7 Å². The van der Waals surface area contributed by atoms with E-state index in [0.29, 0.717) is 13.0 Å². The van der Waals surface area contributed by atoms with Crippen LogP contribution in [0.5, 0.6) is 0 Å². The standard InChI is InChI=1S/C14H16N2O4/c15-14(18)20-7-10-6-11-8-19-13(16(11)12(10)17)9-4-2-1-3-5-9/h1-5,10-11,13H,6-8H2,(H2,15,18)/t10-,11+,13-/m0/s1. The van der Waals surface area contributed by atoms with Crippen molar-refractivity contribution in [2.45, 2.75) is 18.7 Å². The van der Waals surface area contributed by atoms with Crippen LogP contribution in [-0.4, -0.2) is 36.2 Å². The van der Waals surface area contributed by atoms with Gasteiger partial charge in [0, 0.05) is 5.56 Å². The number of nitrogens with two attached hydrogens (primary N) is 1. The zero-order valence-electron chi connectivity index (χ0n) is 10.9. The first kappa shape index (κ1) is 12.9. The molecule has 0 saturated carbocycles. The Morgan fingerprint density at radius 2 is 2.15 bits per heavy atom. The zero-order chi connectivity index (χ0) is 14.1. The Balaban J connectivity index is 1.74. The van der Waals surface area contributed by atoms with Crippen molar-refractivity contribution in [3.05, 3.63) is 35.9 Å². The van der Waals surface area contributed by atoms with Crippen LogP contribution >= 0.6 is 0 Å². The number of rotatable bonds is 3. The third-order valence-corrected chi connectivity index (χ3v) is 3.76. The number of carbonyl (C=O) groups is 2. The molecule has 6 nitrogen and oxygen atoms in total. The Labute approximate surface area is 116 Å². The molecule has 2 aliphatic heterocycles. The Hall–Kier alpha value is -2.08. The SMILES string of the molecule is NC(=O)OC[C@@H]1C[C@@H]2CO[C@@H](c3ccccc3)N2C1=O. The highest BCUT2D eigenvalue weighted by atomic mass is 16.5. The fraction of sp³-hybridized carbons (Fsp3) is 0.429. The van der Waals surface area contributed by atoms with Gasteiger partial charge in [0.2, 0.25) is 5.91 Å². The van der Waals surface area contributed by atoms with Crippen molar-refractivity contribution in [1.29, 1.82) is 0 Å². The summed E-state index contributed by atoms with van der Waals surface area (Å²) in [5.74, 6) is -0.356. The molecule has 2 aliphatic rings. The zero-order valence-corrected chi connectivity index (χ0v) is 10.9. The normalized spacial score (nSPS) is 28.5. The summed E-state index contributed by atoms with van der Waals surface area (Å²) >= 11 is 0. The van der Waals surface area contributed by atoms with Crippen LogP contribution in [0.2, 0.25) is 0 Å². The maximum absolute atomic E-state index is 12.4. The van der Waals surface area contributed by atoms with Gasteiger partial charge in [0.25, 0.3) is 0 Å². The average Bonchev–Trinajstić information content (AvgIpc) is 2.98. The van der Waals surface area contributed by atoms with Gasteiger partial charge in [-0.1, -0.05) is 30.3 Å². The lowest BCUT2D eigenvalue weighted by Gasteiger charge is -2.23. The number of nitrogens with zero attached hydrogens (tertiary/aromatic N) is 1. The lowest BCUT2D eigenvalue weighted by molar-refractivity contribution is -0.138. The van der Waals surface area contributed by atoms with Crippen LogP contribution in [0.15, 0.2) is 30.3 Å². The van der Waals surface area contributed by atoms with Crippen LogP contribution in [0.1, 0.15) is 18.2 Å². The number of hydrogen-bond acceptors (Lipinski definition) is 4. The summed E-state index contributed by atoms with van der Waals surface area (Å²) in [6.45, 7) is 0.557. The molecule has 0 unspecified atom stereocenters. The van der Waals surface area contributed by atoms with Gasteiger partial charge in [0.15, 0.2) is 6.23 Å². The molecule has 2 heterocycles. The van der Waals surface area contributed by atoms with Crippen molar-refractivity contribution >= 4 is 12.0 Å². The van der Waals surface area contributed by atoms with Crippen LogP contribution in [0.3, 0.4) is 0 Å². The molecule has 0 aromatic heterocycles. The van der Waals surface area contributed by atoms with E-state index in [0.717, 1.165) is 5.56 Å². The third-order valence-electron chi connectivity index (χ3n) is 3.76. The quantitative estimate of drug-likeness (QED) is 0.893. The van der Waals surface area contributed by atoms with E-state index in [9.17, 15) is 9.59 Å². The number of amides is 2. The summed E-state index contributed by atoms with van der Waals surface area (Å²) < 4.78 is 10.5. The minimum Gasteiger partial charge on any atom is -0.449 e. The van der Waals surface area contributed by atoms with Gasteiger partial charge in [-0.3, -0.25) is 4.79 Å². The molecule has 1 aromatic rings. The first-order valence-electron chi connectivity index (χ1n) is 6.58. The molecule has 106 valence electrons. The maximum atomic E-state index is 12.4. The molecule has 20 heavy (non-hydrogen) atoms. The Bertz CT molecular complexity index is 519. The van der Waals surface area contributed by atoms with Gasteiger partial charge in [-0.15, -0.1) is 0 Å². The van der Waals surface area contributed by atoms with Gasteiger partial charge in [0.1, 0.15) is 6.61 Å². The van der Waals surface area contributed by atoms with E-state index in [-0.39, 0.29) is 30.7 Å². The van der Waals surface area contributed by atoms with E-state index >= 15 is 0 Å². The molecule has 3 rings (SSSR count). The van der Waals surface area contributed by atoms with E-state index < -0.39 is 6.09 Å². The number of ether oxygens (including phenoxy) is 2. The summed E-state index contributed by atoms with van der Waals surface area (Å²) in [4.78, 5) is 24.8. The maximum Gasteiger partial charge on any atom is 0.404 e. The molecular formula is C14H16N2O4. The van der Waals surface area contributed by atoms with Crippen molar-refractivity contribution in [3.63, 3.8) is 0 Å². The van der Waals surface area contributed by atoms with E-state index in [2.05, 4.69) is 0 Å². The molecule has 0 aliphatic carbocycles. The molecular weight excluding hydrogens is 260 g/mol. The molecule has 2 amide bonds.